The van der Waals surface area contributed by atoms with Gasteiger partial charge in [-0.2, -0.15) is 0 Å². The van der Waals surface area contributed by atoms with Crippen LogP contribution in [0.3, 0.4) is 0 Å². The number of nitrogens with zero attached hydrogens (tertiary/aromatic N) is 2. The molecule has 0 amide bonds. The van der Waals surface area contributed by atoms with Crippen LogP contribution in [0.25, 0.3) is 11.0 Å². The minimum absolute atomic E-state index is 0.841. The first kappa shape index (κ1) is 10.1. The number of guanidine groups is 1. The SMILES string of the molecule is CCc1cc(NC2=NCCN2)cc2nc[nH]c12. The highest BCUT2D eigenvalue weighted by atomic mass is 15.2. The van der Waals surface area contributed by atoms with Gasteiger partial charge < -0.3 is 15.6 Å². The second-order valence-corrected chi connectivity index (χ2v) is 4.07. The molecule has 5 heteroatoms. The summed E-state index contributed by atoms with van der Waals surface area (Å²) in [5, 5.41) is 6.48. The van der Waals surface area contributed by atoms with Crippen LogP contribution in [0.1, 0.15) is 12.5 Å². The van der Waals surface area contributed by atoms with Gasteiger partial charge in [-0.15, -0.1) is 0 Å². The molecule has 2 heterocycles. The molecule has 1 aromatic heterocycles. The third kappa shape index (κ3) is 1.84. The van der Waals surface area contributed by atoms with E-state index in [1.807, 2.05) is 6.07 Å². The molecule has 88 valence electrons. The number of imidazole rings is 1. The molecule has 2 aromatic rings. The van der Waals surface area contributed by atoms with Crippen molar-refractivity contribution in [1.82, 2.24) is 15.3 Å². The normalized spacial score (nSPS) is 14.8. The Hall–Kier alpha value is -2.04. The fraction of sp³-hybridized carbons (Fsp3) is 0.333. The summed E-state index contributed by atoms with van der Waals surface area (Å²) in [7, 11) is 0. The summed E-state index contributed by atoms with van der Waals surface area (Å²) in [5.41, 5.74) is 4.42. The Balaban J connectivity index is 1.98. The lowest BCUT2D eigenvalue weighted by Gasteiger charge is -2.08. The van der Waals surface area contributed by atoms with Gasteiger partial charge in [-0.1, -0.05) is 6.92 Å². The van der Waals surface area contributed by atoms with E-state index in [0.717, 1.165) is 42.2 Å². The lowest BCUT2D eigenvalue weighted by Crippen LogP contribution is -2.26. The van der Waals surface area contributed by atoms with E-state index >= 15 is 0 Å². The molecule has 0 fully saturated rings. The topological polar surface area (TPSA) is 65.1 Å². The van der Waals surface area contributed by atoms with Gasteiger partial charge in [0, 0.05) is 12.2 Å². The van der Waals surface area contributed by atoms with Gasteiger partial charge >= 0.3 is 0 Å². The highest BCUT2D eigenvalue weighted by Crippen LogP contribution is 2.21. The number of fused-ring (bicyclic) bond motifs is 1. The maximum absolute atomic E-state index is 4.32. The minimum Gasteiger partial charge on any atom is -0.354 e. The van der Waals surface area contributed by atoms with Crippen LogP contribution < -0.4 is 10.6 Å². The van der Waals surface area contributed by atoms with Crippen LogP contribution in [0.5, 0.6) is 0 Å². The number of hydrogen-bond donors (Lipinski definition) is 3. The van der Waals surface area contributed by atoms with Crippen LogP contribution in [0.2, 0.25) is 0 Å². The van der Waals surface area contributed by atoms with Crippen molar-refractivity contribution in [3.8, 4) is 0 Å². The monoisotopic (exact) mass is 229 g/mol. The highest BCUT2D eigenvalue weighted by Gasteiger charge is 2.08. The summed E-state index contributed by atoms with van der Waals surface area (Å²) in [6, 6.07) is 4.18. The second-order valence-electron chi connectivity index (χ2n) is 4.07. The third-order valence-electron chi connectivity index (χ3n) is 2.93. The van der Waals surface area contributed by atoms with Gasteiger partial charge in [-0.05, 0) is 24.1 Å². The predicted octanol–water partition coefficient (Wildman–Crippen LogP) is 1.50. The maximum Gasteiger partial charge on any atom is 0.195 e. The fourth-order valence-electron chi connectivity index (χ4n) is 2.09. The molecule has 17 heavy (non-hydrogen) atoms. The lowest BCUT2D eigenvalue weighted by atomic mass is 10.1. The fourth-order valence-corrected chi connectivity index (χ4v) is 2.09. The van der Waals surface area contributed by atoms with Gasteiger partial charge in [-0.25, -0.2) is 4.98 Å². The van der Waals surface area contributed by atoms with Gasteiger partial charge in [0.05, 0.1) is 23.9 Å². The van der Waals surface area contributed by atoms with Gasteiger partial charge in [-0.3, -0.25) is 4.99 Å². The highest BCUT2D eigenvalue weighted by molar-refractivity contribution is 5.96. The number of hydrogen-bond acceptors (Lipinski definition) is 4. The van der Waals surface area contributed by atoms with E-state index in [2.05, 4.69) is 38.6 Å². The molecule has 0 bridgehead atoms. The van der Waals surface area contributed by atoms with E-state index in [1.165, 1.54) is 5.56 Å². The maximum atomic E-state index is 4.32. The van der Waals surface area contributed by atoms with Crippen molar-refractivity contribution in [2.24, 2.45) is 4.99 Å². The van der Waals surface area contributed by atoms with E-state index in [0.29, 0.717) is 0 Å². The minimum atomic E-state index is 0.841. The number of benzene rings is 1. The molecular weight excluding hydrogens is 214 g/mol. The number of aliphatic imine (C=N–C) groups is 1. The molecule has 0 unspecified atom stereocenters. The lowest BCUT2D eigenvalue weighted by molar-refractivity contribution is 0.959. The van der Waals surface area contributed by atoms with Gasteiger partial charge in [0.25, 0.3) is 0 Å². The standard InChI is InChI=1S/C12H15N5/c1-2-8-5-9(17-12-13-3-4-14-12)6-10-11(8)16-7-15-10/h5-7H,2-4H2,1H3,(H,15,16)(H2,13,14,17). The largest absolute Gasteiger partial charge is 0.354 e. The molecule has 0 aliphatic carbocycles. The molecular formula is C12H15N5. The Morgan fingerprint density at radius 1 is 1.41 bits per heavy atom. The molecule has 0 spiro atoms. The molecule has 1 aromatic carbocycles. The smallest absolute Gasteiger partial charge is 0.195 e. The number of aromatic amines is 1. The molecule has 0 saturated heterocycles. The number of aryl methyl sites for hydroxylation is 1. The quantitative estimate of drug-likeness (QED) is 0.731. The Bertz CT molecular complexity index is 569. The number of aromatic nitrogens is 2. The van der Waals surface area contributed by atoms with Crippen molar-refractivity contribution in [1.29, 1.82) is 0 Å². The van der Waals surface area contributed by atoms with Crippen molar-refractivity contribution >= 4 is 22.7 Å². The van der Waals surface area contributed by atoms with E-state index in [4.69, 9.17) is 0 Å². The summed E-state index contributed by atoms with van der Waals surface area (Å²) in [6.07, 6.45) is 2.72. The molecule has 0 atom stereocenters. The van der Waals surface area contributed by atoms with Crippen molar-refractivity contribution < 1.29 is 0 Å². The van der Waals surface area contributed by atoms with E-state index in [9.17, 15) is 0 Å². The van der Waals surface area contributed by atoms with Crippen LogP contribution >= 0.6 is 0 Å². The molecule has 1 aliphatic rings. The van der Waals surface area contributed by atoms with Crippen molar-refractivity contribution in [2.75, 3.05) is 18.4 Å². The van der Waals surface area contributed by atoms with E-state index in [-0.39, 0.29) is 0 Å². The predicted molar refractivity (Wildman–Crippen MR) is 69.4 cm³/mol. The molecule has 5 nitrogen and oxygen atoms in total. The first-order valence-corrected chi connectivity index (χ1v) is 5.88. The van der Waals surface area contributed by atoms with Crippen LogP contribution in [0.15, 0.2) is 23.5 Å². The zero-order valence-electron chi connectivity index (χ0n) is 9.75. The van der Waals surface area contributed by atoms with E-state index in [1.54, 1.807) is 6.33 Å². The van der Waals surface area contributed by atoms with Crippen LogP contribution in [-0.2, 0) is 6.42 Å². The average molecular weight is 229 g/mol. The molecule has 0 saturated carbocycles. The van der Waals surface area contributed by atoms with Crippen molar-refractivity contribution in [3.63, 3.8) is 0 Å². The Kier molecular flexibility index (Phi) is 2.44. The summed E-state index contributed by atoms with van der Waals surface area (Å²) in [5.74, 6) is 0.849. The van der Waals surface area contributed by atoms with Gasteiger partial charge in [0.1, 0.15) is 0 Å². The Morgan fingerprint density at radius 2 is 2.35 bits per heavy atom. The van der Waals surface area contributed by atoms with Crippen LogP contribution in [-0.4, -0.2) is 29.0 Å². The Labute approximate surface area is 99.4 Å². The molecule has 3 rings (SSSR count). The van der Waals surface area contributed by atoms with Crippen molar-refractivity contribution in [2.45, 2.75) is 13.3 Å². The first-order valence-electron chi connectivity index (χ1n) is 5.88. The summed E-state index contributed by atoms with van der Waals surface area (Å²) in [6.45, 7) is 3.89. The van der Waals surface area contributed by atoms with Crippen LogP contribution in [0, 0.1) is 0 Å². The molecule has 3 N–H and O–H groups in total. The number of nitrogens with one attached hydrogen (secondary N) is 3. The van der Waals surface area contributed by atoms with Gasteiger partial charge in [0.2, 0.25) is 0 Å². The first-order chi connectivity index (χ1) is 8.36. The van der Waals surface area contributed by atoms with Gasteiger partial charge in [0.15, 0.2) is 5.96 Å². The second kappa shape index (κ2) is 4.08. The van der Waals surface area contributed by atoms with Crippen LogP contribution in [0.4, 0.5) is 5.69 Å². The zero-order valence-corrected chi connectivity index (χ0v) is 9.75. The summed E-state index contributed by atoms with van der Waals surface area (Å²) in [4.78, 5) is 11.8. The summed E-state index contributed by atoms with van der Waals surface area (Å²) >= 11 is 0. The number of H-pyrrole nitrogens is 1. The zero-order chi connectivity index (χ0) is 11.7. The number of anilines is 1. The Morgan fingerprint density at radius 3 is 3.12 bits per heavy atom. The third-order valence-corrected chi connectivity index (χ3v) is 2.93. The van der Waals surface area contributed by atoms with Crippen molar-refractivity contribution in [3.05, 3.63) is 24.0 Å². The number of rotatable bonds is 2. The van der Waals surface area contributed by atoms with E-state index < -0.39 is 0 Å². The average Bonchev–Trinajstić information content (AvgIpc) is 2.98. The summed E-state index contributed by atoms with van der Waals surface area (Å²) < 4.78 is 0. The molecule has 0 radical (unpaired) electrons. The molecule has 1 aliphatic heterocycles.